The van der Waals surface area contributed by atoms with Crippen LogP contribution in [0.2, 0.25) is 0 Å². The van der Waals surface area contributed by atoms with E-state index < -0.39 is 12.1 Å². The molecule has 172 valence electrons. The van der Waals surface area contributed by atoms with Gasteiger partial charge in [-0.2, -0.15) is 23.4 Å². The van der Waals surface area contributed by atoms with Crippen LogP contribution in [0.5, 0.6) is 0 Å². The Balaban J connectivity index is 0.000000360. The van der Waals surface area contributed by atoms with E-state index in [4.69, 9.17) is 15.0 Å². The van der Waals surface area contributed by atoms with Crippen molar-refractivity contribution in [2.75, 3.05) is 13.1 Å². The highest BCUT2D eigenvalue weighted by Gasteiger charge is 2.38. The lowest BCUT2D eigenvalue weighted by atomic mass is 10.1. The van der Waals surface area contributed by atoms with Crippen LogP contribution in [0.3, 0.4) is 0 Å². The van der Waals surface area contributed by atoms with Crippen molar-refractivity contribution in [2.24, 2.45) is 0 Å². The van der Waals surface area contributed by atoms with Crippen LogP contribution in [-0.4, -0.2) is 49.9 Å². The lowest BCUT2D eigenvalue weighted by Crippen LogP contribution is -2.29. The molecule has 0 bridgehead atoms. The Kier molecular flexibility index (Phi) is 8.01. The summed E-state index contributed by atoms with van der Waals surface area (Å²) in [5, 5.41) is 23.1. The molecule has 11 heteroatoms. The maximum atomic E-state index is 10.6. The highest BCUT2D eigenvalue weighted by molar-refractivity contribution is 5.73. The predicted octanol–water partition coefficient (Wildman–Crippen LogP) is 2.92. The average Bonchev–Trinajstić information content (AvgIpc) is 3.47. The smallest absolute Gasteiger partial charge is 0.475 e. The molecule has 1 fully saturated rings. The van der Waals surface area contributed by atoms with Crippen molar-refractivity contribution in [3.63, 3.8) is 0 Å². The van der Waals surface area contributed by atoms with Gasteiger partial charge in [0.2, 0.25) is 0 Å². The minimum Gasteiger partial charge on any atom is -0.475 e. The number of nitrogens with one attached hydrogen (secondary N) is 2. The summed E-state index contributed by atoms with van der Waals surface area (Å²) in [6.07, 6.45) is 3.12. The minimum atomic E-state index is -5.08. The molecule has 0 aliphatic carbocycles. The van der Waals surface area contributed by atoms with Gasteiger partial charge in [-0.15, -0.1) is 0 Å². The Bertz CT molecular complexity index is 982. The van der Waals surface area contributed by atoms with E-state index in [-0.39, 0.29) is 0 Å². The van der Waals surface area contributed by atoms with Crippen molar-refractivity contribution in [2.45, 2.75) is 38.1 Å². The molecule has 3 N–H and O–H groups in total. The fraction of sp³-hybridized carbons (Fsp3) is 0.381. The van der Waals surface area contributed by atoms with Crippen molar-refractivity contribution in [1.82, 2.24) is 30.2 Å². The Morgan fingerprint density at radius 2 is 1.84 bits per heavy atom. The van der Waals surface area contributed by atoms with Gasteiger partial charge in [0, 0.05) is 31.7 Å². The molecule has 2 aromatic heterocycles. The van der Waals surface area contributed by atoms with E-state index in [1.54, 1.807) is 6.20 Å². The third kappa shape index (κ3) is 6.66. The van der Waals surface area contributed by atoms with E-state index in [2.05, 4.69) is 50.9 Å². The molecule has 32 heavy (non-hydrogen) atoms. The van der Waals surface area contributed by atoms with E-state index >= 15 is 0 Å². The molecule has 1 saturated heterocycles. The highest BCUT2D eigenvalue weighted by atomic mass is 19.4. The lowest BCUT2D eigenvalue weighted by molar-refractivity contribution is -0.192. The molecular formula is C21H25F3N6O2. The van der Waals surface area contributed by atoms with Gasteiger partial charge in [-0.1, -0.05) is 18.2 Å². The van der Waals surface area contributed by atoms with Gasteiger partial charge in [0.15, 0.2) is 0 Å². The average molecular weight is 450 g/mol. The minimum absolute atomic E-state index is 0.538. The molecule has 1 aliphatic heterocycles. The van der Waals surface area contributed by atoms with Gasteiger partial charge in [0.25, 0.3) is 0 Å². The number of hydrogen-bond acceptors (Lipinski definition) is 5. The Labute approximate surface area is 183 Å². The van der Waals surface area contributed by atoms with Crippen molar-refractivity contribution >= 4 is 5.97 Å². The van der Waals surface area contributed by atoms with Gasteiger partial charge in [-0.25, -0.2) is 9.48 Å². The van der Waals surface area contributed by atoms with Crippen LogP contribution >= 0.6 is 0 Å². The molecule has 1 aromatic carbocycles. The number of para-hydroxylation sites is 1. The molecule has 0 unspecified atom stereocenters. The first kappa shape index (κ1) is 23.5. The molecule has 3 aromatic rings. The van der Waals surface area contributed by atoms with Crippen molar-refractivity contribution in [1.29, 1.82) is 0 Å². The van der Waals surface area contributed by atoms with Gasteiger partial charge in [-0.3, -0.25) is 4.68 Å². The highest BCUT2D eigenvalue weighted by Crippen LogP contribution is 2.18. The molecule has 3 heterocycles. The molecule has 0 atom stereocenters. The predicted molar refractivity (Wildman–Crippen MR) is 111 cm³/mol. The maximum Gasteiger partial charge on any atom is 0.490 e. The zero-order valence-corrected chi connectivity index (χ0v) is 17.3. The molecular weight excluding hydrogens is 425 g/mol. The van der Waals surface area contributed by atoms with E-state index in [9.17, 15) is 13.2 Å². The zero-order chi connectivity index (χ0) is 23.0. The second-order valence-corrected chi connectivity index (χ2v) is 7.25. The quantitative estimate of drug-likeness (QED) is 0.534. The lowest BCUT2D eigenvalue weighted by Gasteiger charge is -2.22. The maximum absolute atomic E-state index is 10.6. The number of piperidine rings is 1. The summed E-state index contributed by atoms with van der Waals surface area (Å²) in [5.41, 5.74) is 3.43. The van der Waals surface area contributed by atoms with Crippen LogP contribution in [0.1, 0.15) is 30.1 Å². The zero-order valence-electron chi connectivity index (χ0n) is 17.3. The Morgan fingerprint density at radius 1 is 1.12 bits per heavy atom. The number of halogens is 3. The number of alkyl halides is 3. The summed E-state index contributed by atoms with van der Waals surface area (Å²) in [6.45, 7) is 3.73. The topological polar surface area (TPSA) is 97.0 Å². The van der Waals surface area contributed by atoms with Gasteiger partial charge in [0.1, 0.15) is 0 Å². The number of carboxylic acids is 1. The number of rotatable bonds is 6. The van der Waals surface area contributed by atoms with Crippen LogP contribution in [0.15, 0.2) is 55.0 Å². The van der Waals surface area contributed by atoms with Gasteiger partial charge >= 0.3 is 12.1 Å². The van der Waals surface area contributed by atoms with Gasteiger partial charge in [-0.05, 0) is 49.7 Å². The first-order valence-electron chi connectivity index (χ1n) is 10.2. The van der Waals surface area contributed by atoms with Crippen molar-refractivity contribution in [3.8, 4) is 5.69 Å². The second kappa shape index (κ2) is 10.9. The first-order chi connectivity index (χ1) is 15.3. The van der Waals surface area contributed by atoms with Gasteiger partial charge < -0.3 is 15.7 Å². The molecule has 0 spiro atoms. The Hall–Kier alpha value is -3.18. The number of aliphatic carboxylic acids is 1. The summed E-state index contributed by atoms with van der Waals surface area (Å²) in [6, 6.07) is 12.9. The number of carboxylic acid groups (broad SMARTS) is 1. The number of aromatic nitrogens is 4. The first-order valence-corrected chi connectivity index (χ1v) is 10.2. The van der Waals surface area contributed by atoms with E-state index in [1.807, 2.05) is 23.0 Å². The van der Waals surface area contributed by atoms with Crippen molar-refractivity contribution in [3.05, 3.63) is 66.2 Å². The summed E-state index contributed by atoms with van der Waals surface area (Å²) in [7, 11) is 0. The summed E-state index contributed by atoms with van der Waals surface area (Å²) < 4.78 is 35.8. The Morgan fingerprint density at radius 3 is 2.50 bits per heavy atom. The number of hydrogen-bond donors (Lipinski definition) is 3. The monoisotopic (exact) mass is 450 g/mol. The van der Waals surface area contributed by atoms with Crippen LogP contribution < -0.4 is 10.6 Å². The van der Waals surface area contributed by atoms with Gasteiger partial charge in [0.05, 0.1) is 17.4 Å². The molecule has 1 aliphatic rings. The molecule has 0 saturated carbocycles. The largest absolute Gasteiger partial charge is 0.490 e. The summed E-state index contributed by atoms with van der Waals surface area (Å²) in [4.78, 5) is 8.90. The molecule has 8 nitrogen and oxygen atoms in total. The van der Waals surface area contributed by atoms with Crippen LogP contribution in [0.25, 0.3) is 5.69 Å². The third-order valence-corrected chi connectivity index (χ3v) is 4.95. The van der Waals surface area contributed by atoms with E-state index in [0.29, 0.717) is 6.04 Å². The second-order valence-electron chi connectivity index (χ2n) is 7.25. The fourth-order valence-electron chi connectivity index (χ4n) is 3.37. The van der Waals surface area contributed by atoms with Crippen LogP contribution in [0.4, 0.5) is 13.2 Å². The van der Waals surface area contributed by atoms with Crippen LogP contribution in [0, 0.1) is 0 Å². The number of carbonyl (C=O) groups is 1. The number of nitrogens with zero attached hydrogens (tertiary/aromatic N) is 4. The molecule has 0 radical (unpaired) electrons. The molecule has 0 amide bonds. The summed E-state index contributed by atoms with van der Waals surface area (Å²) in [5.74, 6) is -2.76. The standard InChI is InChI=1S/C19H24N6.C2HF3O2/c1-2-5-19(25-12-3-9-22-25)16(4-1)14-21-15-17-8-13-24(23-17)18-6-10-20-11-7-18;3-2(4,5)1(6)7/h1-5,8-9,12-13,18,20-21H,6-7,10-11,14-15H2;(H,6,7). The summed E-state index contributed by atoms with van der Waals surface area (Å²) >= 11 is 0. The number of benzene rings is 1. The third-order valence-electron chi connectivity index (χ3n) is 4.95. The fourth-order valence-corrected chi connectivity index (χ4v) is 3.37. The van der Waals surface area contributed by atoms with Crippen LogP contribution in [-0.2, 0) is 17.9 Å². The molecule has 4 rings (SSSR count). The SMILES string of the molecule is O=C(O)C(F)(F)F.c1ccc(-n2cccn2)c(CNCc2ccn(C3CCNCC3)n2)c1. The van der Waals surface area contributed by atoms with E-state index in [1.165, 1.54) is 5.56 Å². The van der Waals surface area contributed by atoms with E-state index in [0.717, 1.165) is 50.4 Å². The van der Waals surface area contributed by atoms with Crippen molar-refractivity contribution < 1.29 is 23.1 Å². The normalized spacial score (nSPS) is 14.6.